The monoisotopic (exact) mass is 605 g/mol. The van der Waals surface area contributed by atoms with Gasteiger partial charge in [-0.25, -0.2) is 0 Å². The highest BCUT2D eigenvalue weighted by Gasteiger charge is 2.55. The molecule has 2 heterocycles. The summed E-state index contributed by atoms with van der Waals surface area (Å²) < 4.78 is 16.5. The molecule has 3 aromatic rings. The third-order valence-electron chi connectivity index (χ3n) is 9.57. The minimum atomic E-state index is -0.814. The summed E-state index contributed by atoms with van der Waals surface area (Å²) in [5, 5.41) is 0.647. The number of hydrogen-bond acceptors (Lipinski definition) is 6. The first kappa shape index (κ1) is 30.7. The highest BCUT2D eigenvalue weighted by atomic mass is 35.5. The van der Waals surface area contributed by atoms with Gasteiger partial charge >= 0.3 is 0 Å². The van der Waals surface area contributed by atoms with E-state index < -0.39 is 10.8 Å². The zero-order chi connectivity index (χ0) is 30.8. The molecule has 0 aromatic heterocycles. The Kier molecular flexibility index (Phi) is 8.90. The quantitative estimate of drug-likeness (QED) is 0.367. The molecule has 5 rings (SSSR count). The summed E-state index contributed by atoms with van der Waals surface area (Å²) in [5.41, 5.74) is 7.45. The molecule has 3 atom stereocenters. The average molecular weight is 606 g/mol. The van der Waals surface area contributed by atoms with Gasteiger partial charge in [-0.15, -0.1) is 0 Å². The van der Waals surface area contributed by atoms with Crippen LogP contribution in [0.5, 0.6) is 17.2 Å². The van der Waals surface area contributed by atoms with Crippen molar-refractivity contribution in [3.63, 3.8) is 0 Å². The number of benzene rings is 3. The summed E-state index contributed by atoms with van der Waals surface area (Å²) in [4.78, 5) is 31.8. The van der Waals surface area contributed by atoms with Crippen molar-refractivity contribution in [2.45, 2.75) is 43.1 Å². The molecule has 2 N–H and O–H groups in total. The number of piperidine rings is 1. The van der Waals surface area contributed by atoms with Crippen LogP contribution in [0.3, 0.4) is 0 Å². The lowest BCUT2D eigenvalue weighted by molar-refractivity contribution is -0.127. The molecule has 2 saturated heterocycles. The SMILES string of the molecule is CCN1CCC(C(N)=O)(c2ccccc2)CC1C1(c2ccc(Cl)cc2)CCN(C(=O)c2cc(OC)c(OC)c(OC)c2)C1. The Balaban J connectivity index is 1.58. The van der Waals surface area contributed by atoms with Crippen LogP contribution in [-0.4, -0.2) is 75.2 Å². The molecule has 8 nitrogen and oxygen atoms in total. The van der Waals surface area contributed by atoms with Crippen LogP contribution in [0.4, 0.5) is 0 Å². The normalized spacial score (nSPS) is 24.0. The van der Waals surface area contributed by atoms with E-state index in [1.54, 1.807) is 12.1 Å². The van der Waals surface area contributed by atoms with E-state index in [4.69, 9.17) is 31.5 Å². The van der Waals surface area contributed by atoms with E-state index in [1.165, 1.54) is 21.3 Å². The first-order valence-corrected chi connectivity index (χ1v) is 15.1. The molecule has 0 aliphatic carbocycles. The number of methoxy groups -OCH3 is 3. The van der Waals surface area contributed by atoms with Crippen molar-refractivity contribution in [3.8, 4) is 17.2 Å². The maximum Gasteiger partial charge on any atom is 0.254 e. The van der Waals surface area contributed by atoms with Crippen molar-refractivity contribution in [3.05, 3.63) is 88.4 Å². The van der Waals surface area contributed by atoms with E-state index in [9.17, 15) is 9.59 Å². The number of likely N-dealkylation sites (N-methyl/N-ethyl adjacent to an activating group) is 1. The number of halogens is 1. The van der Waals surface area contributed by atoms with Gasteiger partial charge in [0, 0.05) is 35.1 Å². The van der Waals surface area contributed by atoms with Crippen molar-refractivity contribution in [1.82, 2.24) is 9.80 Å². The number of primary amides is 1. The van der Waals surface area contributed by atoms with Gasteiger partial charge in [0.2, 0.25) is 11.7 Å². The van der Waals surface area contributed by atoms with Gasteiger partial charge in [0.15, 0.2) is 11.5 Å². The molecular weight excluding hydrogens is 566 g/mol. The zero-order valence-electron chi connectivity index (χ0n) is 25.3. The van der Waals surface area contributed by atoms with E-state index in [0.717, 1.165) is 30.6 Å². The number of ether oxygens (including phenoxy) is 3. The number of hydrogen-bond donors (Lipinski definition) is 1. The molecule has 2 fully saturated rings. The molecule has 9 heteroatoms. The van der Waals surface area contributed by atoms with Gasteiger partial charge in [0.1, 0.15) is 0 Å². The second-order valence-corrected chi connectivity index (χ2v) is 11.9. The van der Waals surface area contributed by atoms with Crippen LogP contribution in [0, 0.1) is 0 Å². The Hall–Kier alpha value is -3.75. The number of rotatable bonds is 9. The Morgan fingerprint density at radius 2 is 1.56 bits per heavy atom. The molecule has 0 saturated carbocycles. The summed E-state index contributed by atoms with van der Waals surface area (Å²) in [5.74, 6) is 0.842. The fourth-order valence-electron chi connectivity index (χ4n) is 7.24. The number of nitrogens with zero attached hydrogens (tertiary/aromatic N) is 2. The largest absolute Gasteiger partial charge is 0.493 e. The van der Waals surface area contributed by atoms with E-state index in [2.05, 4.69) is 24.0 Å². The first-order chi connectivity index (χ1) is 20.7. The first-order valence-electron chi connectivity index (χ1n) is 14.7. The van der Waals surface area contributed by atoms with Gasteiger partial charge < -0.3 is 24.8 Å². The lowest BCUT2D eigenvalue weighted by Crippen LogP contribution is -2.61. The minimum absolute atomic E-state index is 0.0575. The molecule has 3 aromatic carbocycles. The molecular formula is C34H40ClN3O5. The summed E-state index contributed by atoms with van der Waals surface area (Å²) >= 11 is 6.34. The summed E-state index contributed by atoms with van der Waals surface area (Å²) in [6.45, 7) is 4.69. The maximum atomic E-state index is 14.1. The van der Waals surface area contributed by atoms with Gasteiger partial charge in [-0.1, -0.05) is 61.0 Å². The molecule has 2 aliphatic heterocycles. The fraction of sp³-hybridized carbons (Fsp3) is 0.412. The molecule has 0 bridgehead atoms. The van der Waals surface area contributed by atoms with Crippen molar-refractivity contribution in [1.29, 1.82) is 0 Å². The Labute approximate surface area is 258 Å². The topological polar surface area (TPSA) is 94.3 Å². The van der Waals surface area contributed by atoms with E-state index in [-0.39, 0.29) is 17.9 Å². The van der Waals surface area contributed by atoms with Gasteiger partial charge in [0.25, 0.3) is 5.91 Å². The number of likely N-dealkylation sites (tertiary alicyclic amines) is 2. The molecule has 2 amide bonds. The highest BCUT2D eigenvalue weighted by molar-refractivity contribution is 6.30. The van der Waals surface area contributed by atoms with Crippen LogP contribution in [-0.2, 0) is 15.6 Å². The van der Waals surface area contributed by atoms with Crippen LogP contribution in [0.25, 0.3) is 0 Å². The molecule has 2 aliphatic rings. The number of carbonyl (C=O) groups is 2. The van der Waals surface area contributed by atoms with Crippen molar-refractivity contribution in [2.75, 3.05) is 47.5 Å². The smallest absolute Gasteiger partial charge is 0.254 e. The highest BCUT2D eigenvalue weighted by Crippen LogP contribution is 2.49. The summed E-state index contributed by atoms with van der Waals surface area (Å²) in [7, 11) is 4.61. The molecule has 3 unspecified atom stereocenters. The lowest BCUT2D eigenvalue weighted by atomic mass is 9.61. The van der Waals surface area contributed by atoms with E-state index in [0.29, 0.717) is 53.8 Å². The van der Waals surface area contributed by atoms with Crippen LogP contribution in [0.2, 0.25) is 5.02 Å². The molecule has 43 heavy (non-hydrogen) atoms. The van der Waals surface area contributed by atoms with E-state index in [1.807, 2.05) is 47.4 Å². The number of nitrogens with two attached hydrogens (primary N) is 1. The second-order valence-electron chi connectivity index (χ2n) is 11.5. The van der Waals surface area contributed by atoms with Crippen LogP contribution >= 0.6 is 11.6 Å². The predicted octanol–water partition coefficient (Wildman–Crippen LogP) is 5.06. The third-order valence-corrected chi connectivity index (χ3v) is 9.82. The fourth-order valence-corrected chi connectivity index (χ4v) is 7.36. The maximum absolute atomic E-state index is 14.1. The standard InChI is InChI=1S/C34H40ClN3O5/c1-5-37-17-15-33(32(36)40,24-9-7-6-8-10-24)21-29(37)34(25-11-13-26(35)14-12-25)16-18-38(22-34)31(39)23-19-27(41-2)30(43-4)28(20-23)42-3/h6-14,19-20,29H,5,15-18,21-22H2,1-4H3,(H2,36,40). The van der Waals surface area contributed by atoms with Gasteiger partial charge in [-0.2, -0.15) is 0 Å². The molecule has 0 spiro atoms. The summed E-state index contributed by atoms with van der Waals surface area (Å²) in [6, 6.07) is 21.2. The van der Waals surface area contributed by atoms with Gasteiger partial charge in [0.05, 0.1) is 26.7 Å². The van der Waals surface area contributed by atoms with Crippen molar-refractivity contribution >= 4 is 23.4 Å². The Morgan fingerprint density at radius 1 is 0.907 bits per heavy atom. The van der Waals surface area contributed by atoms with Crippen molar-refractivity contribution < 1.29 is 23.8 Å². The van der Waals surface area contributed by atoms with Crippen molar-refractivity contribution in [2.24, 2.45) is 5.73 Å². The van der Waals surface area contributed by atoms with Gasteiger partial charge in [-0.05, 0) is 67.7 Å². The number of carbonyl (C=O) groups excluding carboxylic acids is 2. The Morgan fingerprint density at radius 3 is 2.12 bits per heavy atom. The van der Waals surface area contributed by atoms with E-state index >= 15 is 0 Å². The molecule has 228 valence electrons. The average Bonchev–Trinajstić information content (AvgIpc) is 3.50. The van der Waals surface area contributed by atoms with Crippen LogP contribution in [0.15, 0.2) is 66.7 Å². The molecule has 0 radical (unpaired) electrons. The van der Waals surface area contributed by atoms with Crippen LogP contribution < -0.4 is 19.9 Å². The minimum Gasteiger partial charge on any atom is -0.493 e. The van der Waals surface area contributed by atoms with Crippen LogP contribution in [0.1, 0.15) is 47.7 Å². The second kappa shape index (κ2) is 12.5. The zero-order valence-corrected chi connectivity index (χ0v) is 26.0. The number of amides is 2. The summed E-state index contributed by atoms with van der Waals surface area (Å²) in [6.07, 6.45) is 1.91. The Bertz CT molecular complexity index is 1440. The third kappa shape index (κ3) is 5.43. The lowest BCUT2D eigenvalue weighted by Gasteiger charge is -2.52. The van der Waals surface area contributed by atoms with Gasteiger partial charge in [-0.3, -0.25) is 14.5 Å². The predicted molar refractivity (Wildman–Crippen MR) is 167 cm³/mol.